The minimum Gasteiger partial charge on any atom is -0.338 e. The van der Waals surface area contributed by atoms with Crippen LogP contribution in [0.25, 0.3) is 10.8 Å². The van der Waals surface area contributed by atoms with Crippen molar-refractivity contribution < 1.29 is 0 Å². The Morgan fingerprint density at radius 1 is 1.00 bits per heavy atom. The molecule has 3 rings (SSSR count). The molecule has 0 saturated carbocycles. The zero-order valence-corrected chi connectivity index (χ0v) is 10.4. The summed E-state index contributed by atoms with van der Waals surface area (Å²) in [4.78, 5) is 0. The summed E-state index contributed by atoms with van der Waals surface area (Å²) in [6.07, 6.45) is 1.76. The van der Waals surface area contributed by atoms with Crippen molar-refractivity contribution in [1.82, 2.24) is 10.2 Å². The molecule has 4 heteroatoms. The van der Waals surface area contributed by atoms with Crippen LogP contribution in [0.1, 0.15) is 5.56 Å². The van der Waals surface area contributed by atoms with E-state index in [0.717, 1.165) is 27.8 Å². The summed E-state index contributed by atoms with van der Waals surface area (Å²) in [6, 6.07) is 16.0. The molecule has 3 aromatic rings. The van der Waals surface area contributed by atoms with E-state index in [-0.39, 0.29) is 0 Å². The highest BCUT2D eigenvalue weighted by Gasteiger charge is 2.03. The molecule has 0 fully saturated rings. The van der Waals surface area contributed by atoms with Gasteiger partial charge in [-0.05, 0) is 17.7 Å². The number of nitrogens with one attached hydrogen (secondary N) is 1. The summed E-state index contributed by atoms with van der Waals surface area (Å²) in [7, 11) is 0. The number of benzene rings is 2. The molecule has 0 radical (unpaired) electrons. The summed E-state index contributed by atoms with van der Waals surface area (Å²) in [5.74, 6) is 0.763. The van der Waals surface area contributed by atoms with Crippen molar-refractivity contribution in [3.05, 3.63) is 60.3 Å². The highest BCUT2D eigenvalue weighted by Crippen LogP contribution is 2.23. The molecule has 0 aliphatic heterocycles. The summed E-state index contributed by atoms with van der Waals surface area (Å²) in [6.45, 7) is 0.550. The smallest absolute Gasteiger partial charge is 0.160 e. The third-order valence-corrected chi connectivity index (χ3v) is 3.02. The quantitative estimate of drug-likeness (QED) is 0.750. The Morgan fingerprint density at radius 3 is 2.58 bits per heavy atom. The molecule has 0 atom stereocenters. The topological polar surface area (TPSA) is 63.8 Å². The van der Waals surface area contributed by atoms with Crippen molar-refractivity contribution in [3.8, 4) is 0 Å². The van der Waals surface area contributed by atoms with Gasteiger partial charge in [-0.3, -0.25) is 0 Å². The molecule has 3 N–H and O–H groups in total. The van der Waals surface area contributed by atoms with Crippen LogP contribution in [0.4, 0.5) is 11.5 Å². The van der Waals surface area contributed by atoms with Gasteiger partial charge in [0.15, 0.2) is 5.82 Å². The Balaban J connectivity index is 1.96. The first-order chi connectivity index (χ1) is 9.36. The normalized spacial score (nSPS) is 10.6. The zero-order chi connectivity index (χ0) is 13.1. The van der Waals surface area contributed by atoms with Crippen molar-refractivity contribution >= 4 is 22.3 Å². The maximum atomic E-state index is 5.58. The molecule has 4 nitrogen and oxygen atoms in total. The molecule has 19 heavy (non-hydrogen) atoms. The van der Waals surface area contributed by atoms with Crippen LogP contribution >= 0.6 is 0 Å². The fraction of sp³-hybridized carbons (Fsp3) is 0.0667. The second-order valence-electron chi connectivity index (χ2n) is 4.31. The average molecular weight is 250 g/mol. The molecule has 0 unspecified atom stereocenters. The highest BCUT2D eigenvalue weighted by molar-refractivity contribution is 5.92. The second-order valence-corrected chi connectivity index (χ2v) is 4.31. The Bertz CT molecular complexity index is 687. The summed E-state index contributed by atoms with van der Waals surface area (Å²) in [5, 5.41) is 13.6. The molecular formula is C15H14N4. The van der Waals surface area contributed by atoms with Gasteiger partial charge in [0.05, 0.1) is 6.20 Å². The molecule has 94 valence electrons. The Labute approximate surface area is 111 Å². The lowest BCUT2D eigenvalue weighted by Crippen LogP contribution is -1.98. The van der Waals surface area contributed by atoms with E-state index >= 15 is 0 Å². The van der Waals surface area contributed by atoms with Crippen molar-refractivity contribution in [2.45, 2.75) is 6.54 Å². The Kier molecular flexibility index (Phi) is 3.08. The van der Waals surface area contributed by atoms with E-state index in [4.69, 9.17) is 5.73 Å². The SMILES string of the molecule is NCc1ccc(Nc2nncc3ccccc23)cc1. The second kappa shape index (κ2) is 5.04. The van der Waals surface area contributed by atoms with Gasteiger partial charge in [0.2, 0.25) is 0 Å². The van der Waals surface area contributed by atoms with Crippen LogP contribution in [0.15, 0.2) is 54.7 Å². The van der Waals surface area contributed by atoms with E-state index in [1.165, 1.54) is 0 Å². The molecule has 0 bridgehead atoms. The molecule has 0 aliphatic carbocycles. The molecule has 0 saturated heterocycles. The van der Waals surface area contributed by atoms with Crippen molar-refractivity contribution in [2.75, 3.05) is 5.32 Å². The first kappa shape index (κ1) is 11.6. The van der Waals surface area contributed by atoms with Gasteiger partial charge in [-0.1, -0.05) is 36.4 Å². The average Bonchev–Trinajstić information content (AvgIpc) is 2.48. The predicted octanol–water partition coefficient (Wildman–Crippen LogP) is 2.83. The Morgan fingerprint density at radius 2 is 1.79 bits per heavy atom. The maximum Gasteiger partial charge on any atom is 0.160 e. The van der Waals surface area contributed by atoms with Crippen LogP contribution in [-0.2, 0) is 6.54 Å². The van der Waals surface area contributed by atoms with Crippen molar-refractivity contribution in [1.29, 1.82) is 0 Å². The van der Waals surface area contributed by atoms with Gasteiger partial charge in [-0.2, -0.15) is 5.10 Å². The summed E-state index contributed by atoms with van der Waals surface area (Å²) < 4.78 is 0. The number of aromatic nitrogens is 2. The van der Waals surface area contributed by atoms with Gasteiger partial charge < -0.3 is 11.1 Å². The third-order valence-electron chi connectivity index (χ3n) is 3.02. The van der Waals surface area contributed by atoms with E-state index in [1.807, 2.05) is 48.5 Å². The van der Waals surface area contributed by atoms with E-state index < -0.39 is 0 Å². The number of fused-ring (bicyclic) bond motifs is 1. The molecule has 0 amide bonds. The fourth-order valence-electron chi connectivity index (χ4n) is 1.98. The molecule has 0 spiro atoms. The molecule has 0 aliphatic rings. The number of nitrogens with zero attached hydrogens (tertiary/aromatic N) is 2. The number of rotatable bonds is 3. The number of nitrogens with two attached hydrogens (primary N) is 1. The van der Waals surface area contributed by atoms with Crippen LogP contribution in [-0.4, -0.2) is 10.2 Å². The monoisotopic (exact) mass is 250 g/mol. The van der Waals surface area contributed by atoms with Crippen LogP contribution < -0.4 is 11.1 Å². The van der Waals surface area contributed by atoms with Crippen molar-refractivity contribution in [3.63, 3.8) is 0 Å². The number of hydrogen-bond donors (Lipinski definition) is 2. The van der Waals surface area contributed by atoms with Gasteiger partial charge in [0.25, 0.3) is 0 Å². The van der Waals surface area contributed by atoms with Gasteiger partial charge in [-0.15, -0.1) is 5.10 Å². The lowest BCUT2D eigenvalue weighted by Gasteiger charge is -2.08. The first-order valence-corrected chi connectivity index (χ1v) is 6.13. The minimum absolute atomic E-state index is 0.550. The predicted molar refractivity (Wildman–Crippen MR) is 77.2 cm³/mol. The maximum absolute atomic E-state index is 5.58. The van der Waals surface area contributed by atoms with E-state index in [0.29, 0.717) is 6.54 Å². The lowest BCUT2D eigenvalue weighted by atomic mass is 10.2. The van der Waals surface area contributed by atoms with Crippen LogP contribution in [0.5, 0.6) is 0 Å². The fourth-order valence-corrected chi connectivity index (χ4v) is 1.98. The van der Waals surface area contributed by atoms with Crippen molar-refractivity contribution in [2.24, 2.45) is 5.73 Å². The highest BCUT2D eigenvalue weighted by atomic mass is 15.2. The van der Waals surface area contributed by atoms with Crippen LogP contribution in [0.2, 0.25) is 0 Å². The van der Waals surface area contributed by atoms with Gasteiger partial charge in [-0.25, -0.2) is 0 Å². The third kappa shape index (κ3) is 2.39. The standard InChI is InChI=1S/C15H14N4/c16-9-11-5-7-13(8-6-11)18-15-14-4-2-1-3-12(14)10-17-19-15/h1-8,10H,9,16H2,(H,18,19). The summed E-state index contributed by atoms with van der Waals surface area (Å²) >= 11 is 0. The molecule has 1 aromatic heterocycles. The molecule has 2 aromatic carbocycles. The van der Waals surface area contributed by atoms with E-state index in [1.54, 1.807) is 6.20 Å². The first-order valence-electron chi connectivity index (χ1n) is 6.13. The molecular weight excluding hydrogens is 236 g/mol. The van der Waals surface area contributed by atoms with E-state index in [2.05, 4.69) is 15.5 Å². The largest absolute Gasteiger partial charge is 0.338 e. The van der Waals surface area contributed by atoms with Crippen LogP contribution in [0.3, 0.4) is 0 Å². The van der Waals surface area contributed by atoms with Gasteiger partial charge >= 0.3 is 0 Å². The lowest BCUT2D eigenvalue weighted by molar-refractivity contribution is 1.05. The number of hydrogen-bond acceptors (Lipinski definition) is 4. The van der Waals surface area contributed by atoms with Crippen LogP contribution in [0, 0.1) is 0 Å². The number of anilines is 2. The summed E-state index contributed by atoms with van der Waals surface area (Å²) in [5.41, 5.74) is 7.67. The zero-order valence-electron chi connectivity index (χ0n) is 10.4. The molecule has 1 heterocycles. The Hall–Kier alpha value is -2.46. The van der Waals surface area contributed by atoms with Gasteiger partial charge in [0, 0.05) is 23.0 Å². The van der Waals surface area contributed by atoms with Gasteiger partial charge in [0.1, 0.15) is 0 Å². The minimum atomic E-state index is 0.550. The van der Waals surface area contributed by atoms with E-state index in [9.17, 15) is 0 Å².